The highest BCUT2D eigenvalue weighted by atomic mass is 35.5. The van der Waals surface area contributed by atoms with Crippen molar-refractivity contribution in [2.24, 2.45) is 5.92 Å². The van der Waals surface area contributed by atoms with E-state index in [1.807, 2.05) is 35.2 Å². The molecule has 0 spiro atoms. The summed E-state index contributed by atoms with van der Waals surface area (Å²) in [5, 5.41) is 9.84. The van der Waals surface area contributed by atoms with E-state index in [0.29, 0.717) is 29.8 Å². The molecular weight excluding hydrogens is 498 g/mol. The lowest BCUT2D eigenvalue weighted by Gasteiger charge is -2.30. The molecule has 0 radical (unpaired) electrons. The third-order valence-corrected chi connectivity index (χ3v) is 8.63. The standard InChI is InChI=1S/C27H26ClN3O4S/c1-17(2)12-20-16-31(19-8-6-5-7-9-19)25-15-23(28)21(14-26(25)36(34,35)30(20)4)18-10-11-24(29-3)22(13-18)27(32)33/h5-11,13-15,17,20H,12,16H2,1-2,4H3,(H,32,33)/t20-/m1/s1. The van der Waals surface area contributed by atoms with Gasteiger partial charge in [-0.1, -0.05) is 61.8 Å². The first-order valence-electron chi connectivity index (χ1n) is 11.4. The van der Waals surface area contributed by atoms with Gasteiger partial charge in [0.1, 0.15) is 4.90 Å². The molecule has 3 aromatic rings. The molecule has 1 atom stereocenters. The largest absolute Gasteiger partial charge is 0.479 e. The maximum atomic E-state index is 13.9. The first-order valence-corrected chi connectivity index (χ1v) is 13.3. The number of carbonyl (C=O) groups is 1. The molecule has 36 heavy (non-hydrogen) atoms. The first kappa shape index (κ1) is 25.7. The molecule has 4 rings (SSSR count). The summed E-state index contributed by atoms with van der Waals surface area (Å²) in [5.41, 5.74) is 1.93. The fourth-order valence-electron chi connectivity index (χ4n) is 4.55. The zero-order valence-electron chi connectivity index (χ0n) is 20.1. The summed E-state index contributed by atoms with van der Waals surface area (Å²) in [6, 6.07) is 16.8. The molecule has 0 aliphatic carbocycles. The van der Waals surface area contributed by atoms with Gasteiger partial charge in [0.05, 0.1) is 22.8 Å². The molecule has 186 valence electrons. The Balaban J connectivity index is 1.97. The number of aromatic carboxylic acids is 1. The van der Waals surface area contributed by atoms with E-state index in [4.69, 9.17) is 18.2 Å². The van der Waals surface area contributed by atoms with Crippen LogP contribution in [0.5, 0.6) is 0 Å². The summed E-state index contributed by atoms with van der Waals surface area (Å²) in [6.45, 7) is 11.8. The van der Waals surface area contributed by atoms with Crippen molar-refractivity contribution in [3.8, 4) is 11.1 Å². The molecular formula is C27H26ClN3O4S. The van der Waals surface area contributed by atoms with Gasteiger partial charge in [0.25, 0.3) is 0 Å². The maximum Gasteiger partial charge on any atom is 0.325 e. The molecule has 0 aromatic heterocycles. The minimum atomic E-state index is -3.91. The first-order chi connectivity index (χ1) is 17.0. The van der Waals surface area contributed by atoms with Crippen molar-refractivity contribution in [1.82, 2.24) is 4.31 Å². The number of likely N-dealkylation sites (N-methyl/N-ethyl adjacent to an activating group) is 1. The molecule has 0 bridgehead atoms. The second-order valence-electron chi connectivity index (χ2n) is 9.20. The van der Waals surface area contributed by atoms with Crippen LogP contribution in [0.2, 0.25) is 5.02 Å². The fourth-order valence-corrected chi connectivity index (χ4v) is 6.37. The highest BCUT2D eigenvalue weighted by molar-refractivity contribution is 7.89. The zero-order valence-corrected chi connectivity index (χ0v) is 21.7. The SMILES string of the molecule is [C-]#[N+]c1ccc(-c2cc3c(cc2Cl)N(c2ccccc2)C[C@@H](CC(C)C)N(C)S3(=O)=O)cc1C(=O)O. The molecule has 1 aliphatic heterocycles. The molecule has 0 fully saturated rings. The van der Waals surface area contributed by atoms with Crippen LogP contribution in [0.3, 0.4) is 0 Å². The number of hydrogen-bond acceptors (Lipinski definition) is 4. The van der Waals surface area contributed by atoms with E-state index >= 15 is 0 Å². The van der Waals surface area contributed by atoms with Gasteiger partial charge in [-0.05, 0) is 42.2 Å². The molecule has 3 aromatic carbocycles. The van der Waals surface area contributed by atoms with Crippen LogP contribution in [0.15, 0.2) is 65.6 Å². The summed E-state index contributed by atoms with van der Waals surface area (Å²) in [7, 11) is -2.31. The lowest BCUT2D eigenvalue weighted by molar-refractivity contribution is 0.0698. The normalized spacial score (nSPS) is 17.3. The molecule has 1 aliphatic rings. The van der Waals surface area contributed by atoms with E-state index in [-0.39, 0.29) is 33.1 Å². The Morgan fingerprint density at radius 2 is 1.86 bits per heavy atom. The molecule has 0 saturated carbocycles. The van der Waals surface area contributed by atoms with Gasteiger partial charge >= 0.3 is 5.97 Å². The molecule has 0 unspecified atom stereocenters. The number of anilines is 2. The van der Waals surface area contributed by atoms with Gasteiger partial charge in [0, 0.05) is 30.9 Å². The third kappa shape index (κ3) is 4.70. The molecule has 9 heteroatoms. The van der Waals surface area contributed by atoms with Crippen molar-refractivity contribution in [3.05, 3.63) is 82.7 Å². The Morgan fingerprint density at radius 1 is 1.17 bits per heavy atom. The summed E-state index contributed by atoms with van der Waals surface area (Å²) in [4.78, 5) is 17.0. The van der Waals surface area contributed by atoms with Gasteiger partial charge in [-0.25, -0.2) is 18.1 Å². The Morgan fingerprint density at radius 3 is 2.47 bits per heavy atom. The lowest BCUT2D eigenvalue weighted by atomic mass is 10.0. The number of para-hydroxylation sites is 1. The molecule has 1 N–H and O–H groups in total. The Kier molecular flexibility index (Phi) is 7.10. The lowest BCUT2D eigenvalue weighted by Crippen LogP contribution is -2.41. The summed E-state index contributed by atoms with van der Waals surface area (Å²) in [5.74, 6) is -0.964. The van der Waals surface area contributed by atoms with Crippen LogP contribution in [-0.4, -0.2) is 43.4 Å². The van der Waals surface area contributed by atoms with E-state index in [0.717, 1.165) is 5.69 Å². The maximum absolute atomic E-state index is 13.9. The quantitative estimate of drug-likeness (QED) is 0.389. The smallest absolute Gasteiger partial charge is 0.325 e. The predicted molar refractivity (Wildman–Crippen MR) is 142 cm³/mol. The third-order valence-electron chi connectivity index (χ3n) is 6.37. The number of halogens is 1. The number of sulfonamides is 1. The average molecular weight is 524 g/mol. The van der Waals surface area contributed by atoms with Crippen LogP contribution >= 0.6 is 11.6 Å². The summed E-state index contributed by atoms with van der Waals surface area (Å²) < 4.78 is 29.2. The van der Waals surface area contributed by atoms with Gasteiger partial charge in [-0.3, -0.25) is 0 Å². The van der Waals surface area contributed by atoms with Crippen LogP contribution in [0.4, 0.5) is 17.1 Å². The molecule has 0 saturated heterocycles. The number of carboxylic acid groups (broad SMARTS) is 1. The molecule has 1 heterocycles. The van der Waals surface area contributed by atoms with Crippen molar-refractivity contribution in [1.29, 1.82) is 0 Å². The van der Waals surface area contributed by atoms with Crippen LogP contribution in [-0.2, 0) is 10.0 Å². The minimum absolute atomic E-state index is 0.00346. The Hall–Kier alpha value is -3.38. The van der Waals surface area contributed by atoms with E-state index < -0.39 is 16.0 Å². The Labute approximate surface area is 216 Å². The number of benzene rings is 3. The van der Waals surface area contributed by atoms with Crippen LogP contribution in [0, 0.1) is 12.5 Å². The summed E-state index contributed by atoms with van der Waals surface area (Å²) in [6.07, 6.45) is 0.674. The predicted octanol–water partition coefficient (Wildman–Crippen LogP) is 6.44. The number of rotatable bonds is 5. The van der Waals surface area contributed by atoms with Crippen molar-refractivity contribution in [3.63, 3.8) is 0 Å². The van der Waals surface area contributed by atoms with Crippen LogP contribution in [0.25, 0.3) is 16.0 Å². The van der Waals surface area contributed by atoms with Gasteiger partial charge in [0.2, 0.25) is 15.7 Å². The second-order valence-corrected chi connectivity index (χ2v) is 11.6. The van der Waals surface area contributed by atoms with E-state index in [1.54, 1.807) is 19.2 Å². The topological polar surface area (TPSA) is 82.3 Å². The number of carboxylic acids is 1. The van der Waals surface area contributed by atoms with Crippen LogP contribution in [0.1, 0.15) is 30.6 Å². The van der Waals surface area contributed by atoms with E-state index in [9.17, 15) is 18.3 Å². The van der Waals surface area contributed by atoms with E-state index in [1.165, 1.54) is 22.5 Å². The second kappa shape index (κ2) is 9.94. The van der Waals surface area contributed by atoms with Crippen molar-refractivity contribution >= 4 is 44.7 Å². The highest BCUT2D eigenvalue weighted by Crippen LogP contribution is 2.43. The number of hydrogen-bond donors (Lipinski definition) is 1. The average Bonchev–Trinajstić information content (AvgIpc) is 2.92. The van der Waals surface area contributed by atoms with Crippen molar-refractivity contribution in [2.75, 3.05) is 18.5 Å². The molecule has 7 nitrogen and oxygen atoms in total. The van der Waals surface area contributed by atoms with Gasteiger partial charge in [-0.15, -0.1) is 0 Å². The van der Waals surface area contributed by atoms with Gasteiger partial charge in [-0.2, -0.15) is 4.31 Å². The van der Waals surface area contributed by atoms with E-state index in [2.05, 4.69) is 18.7 Å². The zero-order chi connectivity index (χ0) is 26.2. The minimum Gasteiger partial charge on any atom is -0.479 e. The number of nitrogens with zero attached hydrogens (tertiary/aromatic N) is 3. The van der Waals surface area contributed by atoms with Gasteiger partial charge in [0.15, 0.2) is 0 Å². The Bertz CT molecular complexity index is 1470. The van der Waals surface area contributed by atoms with Gasteiger partial charge < -0.3 is 10.0 Å². The fraction of sp³-hybridized carbons (Fsp3) is 0.259. The van der Waals surface area contributed by atoms with Crippen LogP contribution < -0.4 is 4.90 Å². The van der Waals surface area contributed by atoms with Crippen molar-refractivity contribution < 1.29 is 18.3 Å². The summed E-state index contributed by atoms with van der Waals surface area (Å²) >= 11 is 6.71. The molecule has 0 amide bonds. The number of fused-ring (bicyclic) bond motifs is 1. The highest BCUT2D eigenvalue weighted by Gasteiger charge is 2.38. The monoisotopic (exact) mass is 523 g/mol. The van der Waals surface area contributed by atoms with Crippen molar-refractivity contribution in [2.45, 2.75) is 31.2 Å².